The highest BCUT2D eigenvalue weighted by Crippen LogP contribution is 2.08. The van der Waals surface area contributed by atoms with Crippen molar-refractivity contribution >= 4 is 29.1 Å². The first kappa shape index (κ1) is 14.7. The molecule has 0 saturated carbocycles. The van der Waals surface area contributed by atoms with Crippen molar-refractivity contribution in [3.8, 4) is 0 Å². The number of nitrogens with one attached hydrogen (secondary N) is 2. The molecular formula is C14H12N2O4S. The van der Waals surface area contributed by atoms with Gasteiger partial charge in [0.05, 0.1) is 17.6 Å². The first-order valence-corrected chi connectivity index (χ1v) is 6.82. The third kappa shape index (κ3) is 3.67. The Morgan fingerprint density at radius 3 is 2.14 bits per heavy atom. The molecule has 108 valence electrons. The Morgan fingerprint density at radius 2 is 1.57 bits per heavy atom. The fraction of sp³-hybridized carbons (Fsp3) is 0.0714. The average molecular weight is 304 g/mol. The molecule has 0 bridgehead atoms. The second-order valence-corrected chi connectivity index (χ2v) is 4.90. The summed E-state index contributed by atoms with van der Waals surface area (Å²) in [4.78, 5) is 35.2. The van der Waals surface area contributed by atoms with Gasteiger partial charge in [0, 0.05) is 5.56 Å². The van der Waals surface area contributed by atoms with Gasteiger partial charge in [-0.3, -0.25) is 20.4 Å². The van der Waals surface area contributed by atoms with E-state index in [9.17, 15) is 14.4 Å². The number of esters is 1. The van der Waals surface area contributed by atoms with E-state index in [1.165, 1.54) is 42.7 Å². The van der Waals surface area contributed by atoms with E-state index < -0.39 is 11.9 Å². The molecule has 7 heteroatoms. The van der Waals surface area contributed by atoms with Gasteiger partial charge in [0.1, 0.15) is 0 Å². The number of benzene rings is 1. The number of thiophene rings is 1. The summed E-state index contributed by atoms with van der Waals surface area (Å²) >= 11 is 1.27. The fourth-order valence-corrected chi connectivity index (χ4v) is 2.15. The van der Waals surface area contributed by atoms with Crippen molar-refractivity contribution in [2.24, 2.45) is 0 Å². The lowest BCUT2D eigenvalue weighted by Gasteiger charge is -2.06. The highest BCUT2D eigenvalue weighted by atomic mass is 32.1. The number of carbonyl (C=O) groups is 3. The first-order valence-electron chi connectivity index (χ1n) is 5.94. The van der Waals surface area contributed by atoms with Gasteiger partial charge < -0.3 is 4.74 Å². The largest absolute Gasteiger partial charge is 0.465 e. The molecule has 0 aliphatic carbocycles. The second-order valence-electron chi connectivity index (χ2n) is 3.95. The molecule has 1 aromatic carbocycles. The molecule has 0 unspecified atom stereocenters. The van der Waals surface area contributed by atoms with E-state index in [4.69, 9.17) is 0 Å². The van der Waals surface area contributed by atoms with E-state index in [-0.39, 0.29) is 5.91 Å². The van der Waals surface area contributed by atoms with Crippen molar-refractivity contribution in [1.82, 2.24) is 10.9 Å². The highest BCUT2D eigenvalue weighted by Gasteiger charge is 2.11. The van der Waals surface area contributed by atoms with Crippen molar-refractivity contribution < 1.29 is 19.1 Å². The third-order valence-electron chi connectivity index (χ3n) is 2.60. The fourth-order valence-electron chi connectivity index (χ4n) is 1.53. The van der Waals surface area contributed by atoms with E-state index in [1.807, 2.05) is 0 Å². The number of ether oxygens (including phenoxy) is 1. The first-order chi connectivity index (χ1) is 10.1. The van der Waals surface area contributed by atoms with Gasteiger partial charge in [-0.1, -0.05) is 6.07 Å². The predicted molar refractivity (Wildman–Crippen MR) is 77.0 cm³/mol. The number of amides is 2. The van der Waals surface area contributed by atoms with Gasteiger partial charge in [-0.15, -0.1) is 11.3 Å². The van der Waals surface area contributed by atoms with Crippen molar-refractivity contribution in [3.05, 3.63) is 57.8 Å². The Kier molecular flexibility index (Phi) is 4.68. The normalized spacial score (nSPS) is 9.76. The van der Waals surface area contributed by atoms with Crippen LogP contribution in [0.3, 0.4) is 0 Å². The van der Waals surface area contributed by atoms with Crippen LogP contribution in [-0.2, 0) is 4.74 Å². The predicted octanol–water partition coefficient (Wildman–Crippen LogP) is 1.61. The van der Waals surface area contributed by atoms with Gasteiger partial charge in [-0.2, -0.15) is 0 Å². The van der Waals surface area contributed by atoms with Crippen LogP contribution in [-0.4, -0.2) is 24.9 Å². The average Bonchev–Trinajstić information content (AvgIpc) is 3.06. The van der Waals surface area contributed by atoms with Gasteiger partial charge in [0.15, 0.2) is 0 Å². The Labute approximate surface area is 124 Å². The smallest absolute Gasteiger partial charge is 0.337 e. The summed E-state index contributed by atoms with van der Waals surface area (Å²) < 4.78 is 4.56. The maximum Gasteiger partial charge on any atom is 0.337 e. The molecule has 2 N–H and O–H groups in total. The molecule has 0 spiro atoms. The number of methoxy groups -OCH3 is 1. The topological polar surface area (TPSA) is 84.5 Å². The summed E-state index contributed by atoms with van der Waals surface area (Å²) in [6.45, 7) is 0. The SMILES string of the molecule is COC(=O)c1ccc(C(=O)NNC(=O)c2cccs2)cc1. The van der Waals surface area contributed by atoms with Crippen molar-refractivity contribution in [3.63, 3.8) is 0 Å². The van der Waals surface area contributed by atoms with E-state index in [0.29, 0.717) is 16.0 Å². The van der Waals surface area contributed by atoms with Crippen LogP contribution < -0.4 is 10.9 Å². The standard InChI is InChI=1S/C14H12N2O4S/c1-20-14(19)10-6-4-9(5-7-10)12(17)15-16-13(18)11-3-2-8-21-11/h2-8H,1H3,(H,15,17)(H,16,18). The van der Waals surface area contributed by atoms with Crippen LogP contribution in [0.4, 0.5) is 0 Å². The molecule has 0 radical (unpaired) electrons. The Balaban J connectivity index is 1.94. The van der Waals surface area contributed by atoms with Crippen LogP contribution in [0.15, 0.2) is 41.8 Å². The zero-order valence-corrected chi connectivity index (χ0v) is 11.9. The number of rotatable bonds is 3. The van der Waals surface area contributed by atoms with Gasteiger partial charge in [0.2, 0.25) is 0 Å². The summed E-state index contributed by atoms with van der Waals surface area (Å²) in [6.07, 6.45) is 0. The van der Waals surface area contributed by atoms with E-state index in [1.54, 1.807) is 17.5 Å². The lowest BCUT2D eigenvalue weighted by molar-refractivity contribution is 0.0600. The Hall–Kier alpha value is -2.67. The van der Waals surface area contributed by atoms with Gasteiger partial charge in [-0.05, 0) is 35.7 Å². The molecule has 2 rings (SSSR count). The molecule has 2 aromatic rings. The number of hydrogen-bond acceptors (Lipinski definition) is 5. The molecule has 1 heterocycles. The van der Waals surface area contributed by atoms with Crippen LogP contribution in [0.1, 0.15) is 30.4 Å². The monoisotopic (exact) mass is 304 g/mol. The van der Waals surface area contributed by atoms with Gasteiger partial charge in [0.25, 0.3) is 11.8 Å². The molecule has 2 amide bonds. The Morgan fingerprint density at radius 1 is 0.952 bits per heavy atom. The number of carbonyl (C=O) groups excluding carboxylic acids is 3. The number of hydrazine groups is 1. The van der Waals surface area contributed by atoms with Gasteiger partial charge in [-0.25, -0.2) is 4.79 Å². The summed E-state index contributed by atoms with van der Waals surface area (Å²) in [7, 11) is 1.28. The molecule has 0 atom stereocenters. The Bertz CT molecular complexity index is 650. The summed E-state index contributed by atoms with van der Waals surface area (Å²) in [5.41, 5.74) is 5.27. The molecule has 0 aliphatic rings. The van der Waals surface area contributed by atoms with Crippen LogP contribution in [0.25, 0.3) is 0 Å². The summed E-state index contributed by atoms with van der Waals surface area (Å²) in [5.74, 6) is -1.34. The van der Waals surface area contributed by atoms with Crippen LogP contribution in [0.5, 0.6) is 0 Å². The van der Waals surface area contributed by atoms with Crippen LogP contribution in [0.2, 0.25) is 0 Å². The lowest BCUT2D eigenvalue weighted by Crippen LogP contribution is -2.41. The molecule has 0 fully saturated rings. The molecular weight excluding hydrogens is 292 g/mol. The summed E-state index contributed by atoms with van der Waals surface area (Å²) in [5, 5.41) is 1.77. The maximum absolute atomic E-state index is 11.8. The van der Waals surface area contributed by atoms with Crippen molar-refractivity contribution in [2.75, 3.05) is 7.11 Å². The van der Waals surface area contributed by atoms with Crippen LogP contribution in [0, 0.1) is 0 Å². The second kappa shape index (κ2) is 6.67. The zero-order valence-electron chi connectivity index (χ0n) is 11.1. The van der Waals surface area contributed by atoms with E-state index in [0.717, 1.165) is 0 Å². The molecule has 1 aromatic heterocycles. The summed E-state index contributed by atoms with van der Waals surface area (Å²) in [6, 6.07) is 9.28. The van der Waals surface area contributed by atoms with E-state index in [2.05, 4.69) is 15.6 Å². The van der Waals surface area contributed by atoms with Crippen LogP contribution >= 0.6 is 11.3 Å². The molecule has 0 aliphatic heterocycles. The van der Waals surface area contributed by atoms with Crippen molar-refractivity contribution in [2.45, 2.75) is 0 Å². The lowest BCUT2D eigenvalue weighted by atomic mass is 10.1. The third-order valence-corrected chi connectivity index (χ3v) is 3.47. The quantitative estimate of drug-likeness (QED) is 0.666. The molecule has 6 nitrogen and oxygen atoms in total. The van der Waals surface area contributed by atoms with E-state index >= 15 is 0 Å². The zero-order chi connectivity index (χ0) is 15.2. The molecule has 0 saturated heterocycles. The maximum atomic E-state index is 11.8. The number of hydrogen-bond donors (Lipinski definition) is 2. The minimum absolute atomic E-state index is 0.314. The highest BCUT2D eigenvalue weighted by molar-refractivity contribution is 7.12. The minimum Gasteiger partial charge on any atom is -0.465 e. The van der Waals surface area contributed by atoms with Gasteiger partial charge >= 0.3 is 5.97 Å². The minimum atomic E-state index is -0.479. The molecule has 21 heavy (non-hydrogen) atoms. The van der Waals surface area contributed by atoms with Crippen molar-refractivity contribution in [1.29, 1.82) is 0 Å².